The quantitative estimate of drug-likeness (QED) is 0.774. The minimum absolute atomic E-state index is 0.139. The van der Waals surface area contributed by atoms with E-state index in [0.29, 0.717) is 30.1 Å². The number of aromatic amines is 1. The van der Waals surface area contributed by atoms with Crippen molar-refractivity contribution >= 4 is 5.91 Å². The molecular weight excluding hydrogens is 272 g/mol. The molecular formula is C14H18N4O3. The summed E-state index contributed by atoms with van der Waals surface area (Å²) in [5, 5.41) is 20.3. The number of rotatable bonds is 5. The van der Waals surface area contributed by atoms with Crippen LogP contribution >= 0.6 is 0 Å². The molecule has 7 nitrogen and oxygen atoms in total. The topological polar surface area (TPSA) is 100 Å². The number of methoxy groups -OCH3 is 1. The SMILES string of the molecule is CCNC(=O)c1nnc(-c2cc(CC)c(O)cc2OC)[nH]1. The molecule has 1 amide bonds. The van der Waals surface area contributed by atoms with Crippen molar-refractivity contribution in [3.05, 3.63) is 23.5 Å². The summed E-state index contributed by atoms with van der Waals surface area (Å²) >= 11 is 0. The highest BCUT2D eigenvalue weighted by atomic mass is 16.5. The summed E-state index contributed by atoms with van der Waals surface area (Å²) in [6, 6.07) is 3.30. The Labute approximate surface area is 122 Å². The first kappa shape index (κ1) is 14.8. The van der Waals surface area contributed by atoms with Gasteiger partial charge in [-0.3, -0.25) is 4.79 Å². The van der Waals surface area contributed by atoms with Gasteiger partial charge in [-0.25, -0.2) is 0 Å². The molecule has 0 saturated carbocycles. The van der Waals surface area contributed by atoms with Crippen LogP contribution in [0, 0.1) is 0 Å². The van der Waals surface area contributed by atoms with E-state index in [1.54, 1.807) is 6.07 Å². The number of nitrogens with one attached hydrogen (secondary N) is 2. The van der Waals surface area contributed by atoms with Crippen molar-refractivity contribution < 1.29 is 14.6 Å². The monoisotopic (exact) mass is 290 g/mol. The number of H-pyrrole nitrogens is 1. The van der Waals surface area contributed by atoms with E-state index < -0.39 is 0 Å². The molecule has 0 spiro atoms. The molecule has 3 N–H and O–H groups in total. The second-order valence-corrected chi connectivity index (χ2v) is 4.42. The predicted octanol–water partition coefficient (Wildman–Crippen LogP) is 1.50. The van der Waals surface area contributed by atoms with E-state index in [0.717, 1.165) is 5.56 Å². The Morgan fingerprint density at radius 1 is 1.38 bits per heavy atom. The van der Waals surface area contributed by atoms with Crippen LogP contribution in [0.3, 0.4) is 0 Å². The Balaban J connectivity index is 2.44. The van der Waals surface area contributed by atoms with Gasteiger partial charge in [0, 0.05) is 12.6 Å². The first-order chi connectivity index (χ1) is 10.1. The third kappa shape index (κ3) is 2.96. The fourth-order valence-electron chi connectivity index (χ4n) is 1.98. The maximum atomic E-state index is 11.7. The van der Waals surface area contributed by atoms with Crippen molar-refractivity contribution in [1.82, 2.24) is 20.5 Å². The number of ether oxygens (including phenoxy) is 1. The molecule has 2 aromatic rings. The Morgan fingerprint density at radius 3 is 2.76 bits per heavy atom. The number of aromatic hydroxyl groups is 1. The van der Waals surface area contributed by atoms with E-state index in [4.69, 9.17) is 4.74 Å². The molecule has 0 fully saturated rings. The highest BCUT2D eigenvalue weighted by Gasteiger charge is 2.17. The van der Waals surface area contributed by atoms with E-state index in [1.165, 1.54) is 13.2 Å². The fourth-order valence-corrected chi connectivity index (χ4v) is 1.98. The third-order valence-electron chi connectivity index (χ3n) is 3.08. The lowest BCUT2D eigenvalue weighted by Crippen LogP contribution is -2.23. The average Bonchev–Trinajstić information content (AvgIpc) is 2.96. The van der Waals surface area contributed by atoms with Crippen molar-refractivity contribution in [3.63, 3.8) is 0 Å². The number of carbonyl (C=O) groups excluding carboxylic acids is 1. The summed E-state index contributed by atoms with van der Waals surface area (Å²) in [5.41, 5.74) is 1.41. The maximum absolute atomic E-state index is 11.7. The molecule has 0 aliphatic heterocycles. The minimum atomic E-state index is -0.315. The van der Waals surface area contributed by atoms with Crippen LogP contribution in [0.15, 0.2) is 12.1 Å². The maximum Gasteiger partial charge on any atom is 0.289 e. The van der Waals surface area contributed by atoms with Gasteiger partial charge in [0.05, 0.1) is 12.7 Å². The van der Waals surface area contributed by atoms with E-state index in [2.05, 4.69) is 20.5 Å². The molecule has 0 bridgehead atoms. The standard InChI is InChI=1S/C14H18N4O3/c1-4-8-6-9(11(21-3)7-10(8)19)12-16-13(18-17-12)14(20)15-5-2/h6-7,19H,4-5H2,1-3H3,(H,15,20)(H,16,17,18). The molecule has 1 aromatic heterocycles. The van der Waals surface area contributed by atoms with Crippen molar-refractivity contribution in [1.29, 1.82) is 0 Å². The molecule has 112 valence electrons. The van der Waals surface area contributed by atoms with Crippen LogP contribution in [-0.2, 0) is 6.42 Å². The molecule has 0 saturated heterocycles. The summed E-state index contributed by atoms with van der Waals surface area (Å²) in [4.78, 5) is 14.6. The number of phenols is 1. The van der Waals surface area contributed by atoms with E-state index in [1.807, 2.05) is 13.8 Å². The Hall–Kier alpha value is -2.57. The average molecular weight is 290 g/mol. The number of hydrogen-bond donors (Lipinski definition) is 3. The van der Waals surface area contributed by atoms with Gasteiger partial charge in [-0.15, -0.1) is 10.2 Å². The number of phenolic OH excluding ortho intramolecular Hbond substituents is 1. The zero-order valence-electron chi connectivity index (χ0n) is 12.2. The number of amides is 1. The van der Waals surface area contributed by atoms with Gasteiger partial charge in [-0.05, 0) is 25.0 Å². The summed E-state index contributed by atoms with van der Waals surface area (Å²) < 4.78 is 5.25. The second-order valence-electron chi connectivity index (χ2n) is 4.42. The summed E-state index contributed by atoms with van der Waals surface area (Å²) in [7, 11) is 1.50. The fraction of sp³-hybridized carbons (Fsp3) is 0.357. The largest absolute Gasteiger partial charge is 0.508 e. The van der Waals surface area contributed by atoms with Gasteiger partial charge in [0.2, 0.25) is 5.82 Å². The zero-order chi connectivity index (χ0) is 15.4. The summed E-state index contributed by atoms with van der Waals surface area (Å²) in [6.45, 7) is 4.27. The van der Waals surface area contributed by atoms with Crippen LogP contribution in [0.5, 0.6) is 11.5 Å². The zero-order valence-corrected chi connectivity index (χ0v) is 12.2. The molecule has 21 heavy (non-hydrogen) atoms. The van der Waals surface area contributed by atoms with Gasteiger partial charge < -0.3 is 20.1 Å². The summed E-state index contributed by atoms with van der Waals surface area (Å²) in [6.07, 6.45) is 0.667. The summed E-state index contributed by atoms with van der Waals surface area (Å²) in [5.74, 6) is 0.873. The lowest BCUT2D eigenvalue weighted by Gasteiger charge is -2.09. The normalized spacial score (nSPS) is 10.4. The number of hydrogen-bond acceptors (Lipinski definition) is 5. The lowest BCUT2D eigenvalue weighted by molar-refractivity contribution is 0.0946. The Kier molecular flexibility index (Phi) is 4.42. The first-order valence-corrected chi connectivity index (χ1v) is 6.71. The van der Waals surface area contributed by atoms with Crippen LogP contribution in [0.25, 0.3) is 11.4 Å². The number of nitrogens with zero attached hydrogens (tertiary/aromatic N) is 2. The van der Waals surface area contributed by atoms with Crippen molar-refractivity contribution in [2.24, 2.45) is 0 Å². The molecule has 0 aliphatic rings. The van der Waals surface area contributed by atoms with Gasteiger partial charge in [0.25, 0.3) is 5.91 Å². The molecule has 1 aromatic carbocycles. The van der Waals surface area contributed by atoms with E-state index in [9.17, 15) is 9.90 Å². The third-order valence-corrected chi connectivity index (χ3v) is 3.08. The van der Waals surface area contributed by atoms with E-state index >= 15 is 0 Å². The minimum Gasteiger partial charge on any atom is -0.508 e. The molecule has 0 atom stereocenters. The van der Waals surface area contributed by atoms with Crippen LogP contribution < -0.4 is 10.1 Å². The molecule has 1 heterocycles. The van der Waals surface area contributed by atoms with E-state index in [-0.39, 0.29) is 17.5 Å². The Bertz CT molecular complexity index is 652. The van der Waals surface area contributed by atoms with Crippen LogP contribution in [0.2, 0.25) is 0 Å². The highest BCUT2D eigenvalue weighted by Crippen LogP contribution is 2.34. The molecule has 0 radical (unpaired) electrons. The molecule has 0 aliphatic carbocycles. The van der Waals surface area contributed by atoms with Crippen LogP contribution in [0.1, 0.15) is 30.0 Å². The molecule has 0 unspecified atom stereocenters. The Morgan fingerprint density at radius 2 is 2.14 bits per heavy atom. The second kappa shape index (κ2) is 6.25. The van der Waals surface area contributed by atoms with Crippen LogP contribution in [0.4, 0.5) is 0 Å². The molecule has 7 heteroatoms. The van der Waals surface area contributed by atoms with Crippen molar-refractivity contribution in [2.45, 2.75) is 20.3 Å². The first-order valence-electron chi connectivity index (χ1n) is 6.71. The van der Waals surface area contributed by atoms with Crippen molar-refractivity contribution in [3.8, 4) is 22.9 Å². The van der Waals surface area contributed by atoms with Gasteiger partial charge in [0.15, 0.2) is 5.82 Å². The number of benzene rings is 1. The van der Waals surface area contributed by atoms with Gasteiger partial charge in [0.1, 0.15) is 11.5 Å². The number of carbonyl (C=O) groups is 1. The van der Waals surface area contributed by atoms with Crippen LogP contribution in [-0.4, -0.2) is 39.8 Å². The van der Waals surface area contributed by atoms with Crippen molar-refractivity contribution in [2.75, 3.05) is 13.7 Å². The predicted molar refractivity (Wildman–Crippen MR) is 77.4 cm³/mol. The number of aryl methyl sites for hydroxylation is 1. The molecule has 2 rings (SSSR count). The lowest BCUT2D eigenvalue weighted by atomic mass is 10.1. The van der Waals surface area contributed by atoms with Gasteiger partial charge in [-0.2, -0.15) is 0 Å². The number of aromatic nitrogens is 3. The van der Waals surface area contributed by atoms with Gasteiger partial charge >= 0.3 is 0 Å². The van der Waals surface area contributed by atoms with Gasteiger partial charge in [-0.1, -0.05) is 6.92 Å². The highest BCUT2D eigenvalue weighted by molar-refractivity contribution is 5.90. The smallest absolute Gasteiger partial charge is 0.289 e.